The van der Waals surface area contributed by atoms with Gasteiger partial charge in [-0.2, -0.15) is 0 Å². The second-order valence-corrected chi connectivity index (χ2v) is 8.78. The molecular weight excluding hydrogens is 346 g/mol. The SMILES string of the molecule is CN(C(=O)c1cn(Cc2cccs2)nn1)C(C)(C)CN1CCCCCC1. The summed E-state index contributed by atoms with van der Waals surface area (Å²) in [7, 11) is 1.87. The third kappa shape index (κ3) is 4.71. The highest BCUT2D eigenvalue weighted by molar-refractivity contribution is 7.09. The van der Waals surface area contributed by atoms with E-state index in [2.05, 4.69) is 35.1 Å². The maximum atomic E-state index is 12.9. The van der Waals surface area contributed by atoms with Gasteiger partial charge in [-0.15, -0.1) is 16.4 Å². The second-order valence-electron chi connectivity index (χ2n) is 7.75. The Hall–Kier alpha value is -1.73. The zero-order valence-electron chi connectivity index (χ0n) is 16.0. The van der Waals surface area contributed by atoms with Crippen LogP contribution in [0.25, 0.3) is 0 Å². The van der Waals surface area contributed by atoms with Crippen molar-refractivity contribution in [3.05, 3.63) is 34.3 Å². The Morgan fingerprint density at radius 3 is 2.65 bits per heavy atom. The Morgan fingerprint density at radius 1 is 1.27 bits per heavy atom. The van der Waals surface area contributed by atoms with Crippen LogP contribution in [0.3, 0.4) is 0 Å². The highest BCUT2D eigenvalue weighted by Crippen LogP contribution is 2.20. The summed E-state index contributed by atoms with van der Waals surface area (Å²) in [6.45, 7) is 8.06. The van der Waals surface area contributed by atoms with E-state index in [-0.39, 0.29) is 11.4 Å². The summed E-state index contributed by atoms with van der Waals surface area (Å²) in [4.78, 5) is 18.4. The number of likely N-dealkylation sites (tertiary alicyclic amines) is 1. The van der Waals surface area contributed by atoms with Gasteiger partial charge in [0.2, 0.25) is 0 Å². The summed E-state index contributed by atoms with van der Waals surface area (Å²) >= 11 is 1.68. The van der Waals surface area contributed by atoms with E-state index in [4.69, 9.17) is 0 Å². The van der Waals surface area contributed by atoms with Gasteiger partial charge in [0.05, 0.1) is 12.7 Å². The van der Waals surface area contributed by atoms with Crippen LogP contribution in [0.5, 0.6) is 0 Å². The van der Waals surface area contributed by atoms with Crippen LogP contribution in [0, 0.1) is 0 Å². The van der Waals surface area contributed by atoms with Crippen molar-refractivity contribution in [1.82, 2.24) is 24.8 Å². The summed E-state index contributed by atoms with van der Waals surface area (Å²) in [5, 5.41) is 10.3. The zero-order chi connectivity index (χ0) is 18.6. The molecule has 0 spiro atoms. The molecule has 2 aromatic heterocycles. The molecule has 7 heteroatoms. The van der Waals surface area contributed by atoms with E-state index in [0.29, 0.717) is 12.2 Å². The van der Waals surface area contributed by atoms with Gasteiger partial charge in [-0.3, -0.25) is 4.79 Å². The van der Waals surface area contributed by atoms with Crippen molar-refractivity contribution < 1.29 is 4.79 Å². The number of hydrogen-bond donors (Lipinski definition) is 0. The molecule has 0 bridgehead atoms. The molecule has 1 fully saturated rings. The van der Waals surface area contributed by atoms with Crippen LogP contribution in [0.1, 0.15) is 54.9 Å². The van der Waals surface area contributed by atoms with Gasteiger partial charge >= 0.3 is 0 Å². The summed E-state index contributed by atoms with van der Waals surface area (Å²) in [5.41, 5.74) is 0.159. The Balaban J connectivity index is 1.63. The van der Waals surface area contributed by atoms with Crippen LogP contribution in [-0.4, -0.2) is 62.9 Å². The summed E-state index contributed by atoms with van der Waals surface area (Å²) < 4.78 is 1.73. The zero-order valence-corrected chi connectivity index (χ0v) is 16.8. The minimum atomic E-state index is -0.251. The highest BCUT2D eigenvalue weighted by atomic mass is 32.1. The molecule has 3 rings (SSSR count). The smallest absolute Gasteiger partial charge is 0.276 e. The molecule has 0 aromatic carbocycles. The first-order valence-corrected chi connectivity index (χ1v) is 10.3. The molecule has 2 aromatic rings. The minimum absolute atomic E-state index is 0.0674. The maximum Gasteiger partial charge on any atom is 0.276 e. The lowest BCUT2D eigenvalue weighted by atomic mass is 10.0. The fourth-order valence-corrected chi connectivity index (χ4v) is 4.13. The monoisotopic (exact) mass is 375 g/mol. The normalized spacial score (nSPS) is 16.4. The Morgan fingerprint density at radius 2 is 2.00 bits per heavy atom. The van der Waals surface area contributed by atoms with E-state index in [1.807, 2.05) is 23.4 Å². The minimum Gasteiger partial charge on any atom is -0.334 e. The molecule has 0 saturated carbocycles. The number of nitrogens with zero attached hydrogens (tertiary/aromatic N) is 5. The number of carbonyl (C=O) groups is 1. The molecule has 1 aliphatic heterocycles. The molecule has 26 heavy (non-hydrogen) atoms. The van der Waals surface area contributed by atoms with Crippen molar-refractivity contribution in [2.24, 2.45) is 0 Å². The Kier molecular flexibility index (Phi) is 6.09. The van der Waals surface area contributed by atoms with E-state index < -0.39 is 0 Å². The van der Waals surface area contributed by atoms with Gasteiger partial charge in [-0.05, 0) is 51.2 Å². The van der Waals surface area contributed by atoms with Gasteiger partial charge in [0.1, 0.15) is 0 Å². The Bertz CT molecular complexity index is 701. The van der Waals surface area contributed by atoms with Gasteiger partial charge in [0.25, 0.3) is 5.91 Å². The number of carbonyl (C=O) groups excluding carboxylic acids is 1. The molecule has 0 aliphatic carbocycles. The fraction of sp³-hybridized carbons (Fsp3) is 0.632. The number of likely N-dealkylation sites (N-methyl/N-ethyl adjacent to an activating group) is 1. The first kappa shape index (κ1) is 19.0. The predicted molar refractivity (Wildman–Crippen MR) is 105 cm³/mol. The first-order chi connectivity index (χ1) is 12.5. The van der Waals surface area contributed by atoms with E-state index in [9.17, 15) is 4.79 Å². The molecule has 6 nitrogen and oxygen atoms in total. The molecule has 0 N–H and O–H groups in total. The van der Waals surface area contributed by atoms with E-state index in [0.717, 1.165) is 19.6 Å². The largest absolute Gasteiger partial charge is 0.334 e. The molecule has 1 amide bonds. The van der Waals surface area contributed by atoms with Crippen LogP contribution >= 0.6 is 11.3 Å². The van der Waals surface area contributed by atoms with Crippen molar-refractivity contribution in [3.8, 4) is 0 Å². The van der Waals surface area contributed by atoms with Crippen molar-refractivity contribution in [3.63, 3.8) is 0 Å². The standard InChI is InChI=1S/C19H29N5OS/c1-19(2,15-23-10-6-4-5-7-11-23)22(3)18(25)17-14-24(21-20-17)13-16-9-8-12-26-16/h8-9,12,14H,4-7,10-11,13,15H2,1-3H3. The average molecular weight is 376 g/mol. The molecule has 0 radical (unpaired) electrons. The van der Waals surface area contributed by atoms with Crippen molar-refractivity contribution >= 4 is 17.2 Å². The van der Waals surface area contributed by atoms with Gasteiger partial charge in [-0.1, -0.05) is 24.1 Å². The lowest BCUT2D eigenvalue weighted by molar-refractivity contribution is 0.0530. The Labute approximate surface area is 159 Å². The molecule has 1 aliphatic rings. The van der Waals surface area contributed by atoms with E-state index in [1.165, 1.54) is 30.6 Å². The van der Waals surface area contributed by atoms with Gasteiger partial charge < -0.3 is 9.80 Å². The van der Waals surface area contributed by atoms with Gasteiger partial charge in [-0.25, -0.2) is 4.68 Å². The summed E-state index contributed by atoms with van der Waals surface area (Å²) in [6, 6.07) is 4.08. The van der Waals surface area contributed by atoms with E-state index in [1.54, 1.807) is 22.2 Å². The summed E-state index contributed by atoms with van der Waals surface area (Å²) in [6.07, 6.45) is 6.90. The average Bonchev–Trinajstić information content (AvgIpc) is 3.22. The molecular formula is C19H29N5OS. The second kappa shape index (κ2) is 8.31. The number of amides is 1. The van der Waals surface area contributed by atoms with Gasteiger partial charge in [0, 0.05) is 24.0 Å². The fourth-order valence-electron chi connectivity index (χ4n) is 3.43. The number of thiophene rings is 1. The van der Waals surface area contributed by atoms with Crippen LogP contribution in [0.15, 0.2) is 23.7 Å². The van der Waals surface area contributed by atoms with Crippen LogP contribution < -0.4 is 0 Å². The van der Waals surface area contributed by atoms with Gasteiger partial charge in [0.15, 0.2) is 5.69 Å². The molecule has 142 valence electrons. The first-order valence-electron chi connectivity index (χ1n) is 9.39. The lowest BCUT2D eigenvalue weighted by Gasteiger charge is -2.39. The van der Waals surface area contributed by atoms with Crippen LogP contribution in [0.4, 0.5) is 0 Å². The van der Waals surface area contributed by atoms with Crippen LogP contribution in [-0.2, 0) is 6.54 Å². The highest BCUT2D eigenvalue weighted by Gasteiger charge is 2.31. The lowest BCUT2D eigenvalue weighted by Crippen LogP contribution is -2.52. The van der Waals surface area contributed by atoms with Crippen molar-refractivity contribution in [2.45, 2.75) is 51.6 Å². The van der Waals surface area contributed by atoms with Crippen LogP contribution in [0.2, 0.25) is 0 Å². The molecule has 3 heterocycles. The van der Waals surface area contributed by atoms with E-state index >= 15 is 0 Å². The third-order valence-corrected chi connectivity index (χ3v) is 6.04. The quantitative estimate of drug-likeness (QED) is 0.778. The topological polar surface area (TPSA) is 54.3 Å². The van der Waals surface area contributed by atoms with Crippen molar-refractivity contribution in [1.29, 1.82) is 0 Å². The summed E-state index contributed by atoms with van der Waals surface area (Å²) in [5.74, 6) is -0.0674. The molecule has 0 unspecified atom stereocenters. The number of rotatable bonds is 6. The van der Waals surface area contributed by atoms with Crippen molar-refractivity contribution in [2.75, 3.05) is 26.7 Å². The number of aromatic nitrogens is 3. The third-order valence-electron chi connectivity index (χ3n) is 5.18. The number of hydrogen-bond acceptors (Lipinski definition) is 5. The molecule has 1 saturated heterocycles. The maximum absolute atomic E-state index is 12.9. The predicted octanol–water partition coefficient (Wildman–Crippen LogP) is 3.11. The molecule has 0 atom stereocenters.